The molecule has 0 saturated carbocycles. The van der Waals surface area contributed by atoms with Crippen molar-refractivity contribution in [1.82, 2.24) is 0 Å². The second-order valence-corrected chi connectivity index (χ2v) is 21.3. The smallest absolute Gasteiger partial charge is 0.306 e. The Kier molecular flexibility index (Phi) is 58.7. The van der Waals surface area contributed by atoms with Gasteiger partial charge in [0, 0.05) is 19.3 Å². The van der Waals surface area contributed by atoms with Crippen LogP contribution in [0, 0.1) is 0 Å². The van der Waals surface area contributed by atoms with Crippen LogP contribution < -0.4 is 0 Å². The zero-order valence-electron chi connectivity index (χ0n) is 48.2. The number of carbonyl (C=O) groups is 3. The molecule has 0 N–H and O–H groups in total. The topological polar surface area (TPSA) is 78.9 Å². The Hall–Kier alpha value is -2.63. The highest BCUT2D eigenvalue weighted by atomic mass is 16.6. The molecule has 0 radical (unpaired) electrons. The van der Waals surface area contributed by atoms with Crippen LogP contribution in [0.1, 0.15) is 335 Å². The van der Waals surface area contributed by atoms with E-state index in [2.05, 4.69) is 69.4 Å². The standard InChI is InChI=1S/C66H120O6/c1-4-7-10-13-16-19-22-25-28-30-32-33-34-36-38-41-44-47-50-53-56-59-65(68)71-62-63(61-70-64(67)58-55-52-49-46-43-40-37-27-24-21-18-15-12-9-6-3)72-66(69)60-57-54-51-48-45-42-39-35-31-29-26-23-20-17-14-11-8-5-2/h22,25,29-32,34,36,63H,4-21,23-24,26-28,33,35,37-62H2,1-3H3/b25-22-,31-29-,32-30-,36-34-. The van der Waals surface area contributed by atoms with E-state index in [1.54, 1.807) is 0 Å². The summed E-state index contributed by atoms with van der Waals surface area (Å²) in [7, 11) is 0. The molecule has 0 rings (SSSR count). The summed E-state index contributed by atoms with van der Waals surface area (Å²) >= 11 is 0. The summed E-state index contributed by atoms with van der Waals surface area (Å²) in [5.74, 6) is -0.873. The van der Waals surface area contributed by atoms with Crippen LogP contribution >= 0.6 is 0 Å². The zero-order valence-corrected chi connectivity index (χ0v) is 48.2. The van der Waals surface area contributed by atoms with E-state index in [0.717, 1.165) is 77.0 Å². The third-order valence-corrected chi connectivity index (χ3v) is 14.1. The minimum Gasteiger partial charge on any atom is -0.462 e. The molecule has 0 aliphatic rings. The van der Waals surface area contributed by atoms with E-state index in [4.69, 9.17) is 14.2 Å². The van der Waals surface area contributed by atoms with Gasteiger partial charge in [0.2, 0.25) is 0 Å². The largest absolute Gasteiger partial charge is 0.462 e. The molecule has 0 spiro atoms. The van der Waals surface area contributed by atoms with Crippen molar-refractivity contribution in [3.05, 3.63) is 48.6 Å². The molecular formula is C66H120O6. The van der Waals surface area contributed by atoms with Crippen LogP contribution in [-0.2, 0) is 28.6 Å². The third kappa shape index (κ3) is 58.3. The third-order valence-electron chi connectivity index (χ3n) is 14.1. The average molecular weight is 1010 g/mol. The minimum absolute atomic E-state index is 0.0756. The molecule has 0 saturated heterocycles. The molecule has 0 aliphatic heterocycles. The number of hydrogen-bond donors (Lipinski definition) is 0. The maximum atomic E-state index is 12.9. The van der Waals surface area contributed by atoms with Gasteiger partial charge >= 0.3 is 17.9 Å². The molecule has 0 amide bonds. The van der Waals surface area contributed by atoms with Crippen molar-refractivity contribution in [3.8, 4) is 0 Å². The lowest BCUT2D eigenvalue weighted by Gasteiger charge is -2.18. The van der Waals surface area contributed by atoms with E-state index in [0.29, 0.717) is 19.3 Å². The van der Waals surface area contributed by atoms with Gasteiger partial charge in [-0.15, -0.1) is 0 Å². The monoisotopic (exact) mass is 1010 g/mol. The summed E-state index contributed by atoms with van der Waals surface area (Å²) in [5, 5.41) is 0. The zero-order chi connectivity index (χ0) is 52.2. The Bertz CT molecular complexity index is 1250. The number of rotatable bonds is 58. The first kappa shape index (κ1) is 69.4. The molecule has 0 aromatic heterocycles. The number of hydrogen-bond acceptors (Lipinski definition) is 6. The normalized spacial score (nSPS) is 12.3. The van der Waals surface area contributed by atoms with Crippen molar-refractivity contribution in [2.75, 3.05) is 13.2 Å². The Morgan fingerprint density at radius 2 is 0.500 bits per heavy atom. The summed E-state index contributed by atoms with van der Waals surface area (Å²) in [5.41, 5.74) is 0. The van der Waals surface area contributed by atoms with Crippen molar-refractivity contribution in [1.29, 1.82) is 0 Å². The lowest BCUT2D eigenvalue weighted by atomic mass is 10.0. The molecule has 0 fully saturated rings. The maximum absolute atomic E-state index is 12.9. The molecule has 6 heteroatoms. The number of allylic oxidation sites excluding steroid dienone is 8. The average Bonchev–Trinajstić information content (AvgIpc) is 3.38. The van der Waals surface area contributed by atoms with Gasteiger partial charge in [-0.2, -0.15) is 0 Å². The number of ether oxygens (including phenoxy) is 3. The fourth-order valence-corrected chi connectivity index (χ4v) is 9.27. The highest BCUT2D eigenvalue weighted by Crippen LogP contribution is 2.17. The predicted octanol–water partition coefficient (Wildman–Crippen LogP) is 21.4. The van der Waals surface area contributed by atoms with Crippen molar-refractivity contribution in [2.24, 2.45) is 0 Å². The van der Waals surface area contributed by atoms with E-state index in [1.807, 2.05) is 0 Å². The van der Waals surface area contributed by atoms with Crippen LogP contribution in [0.4, 0.5) is 0 Å². The van der Waals surface area contributed by atoms with Crippen molar-refractivity contribution < 1.29 is 28.6 Å². The highest BCUT2D eigenvalue weighted by Gasteiger charge is 2.19. The molecule has 420 valence electrons. The van der Waals surface area contributed by atoms with E-state index >= 15 is 0 Å². The Morgan fingerprint density at radius 3 is 0.792 bits per heavy atom. The van der Waals surface area contributed by atoms with Gasteiger partial charge in [0.15, 0.2) is 6.10 Å². The van der Waals surface area contributed by atoms with E-state index in [-0.39, 0.29) is 31.1 Å². The van der Waals surface area contributed by atoms with Gasteiger partial charge in [0.25, 0.3) is 0 Å². The molecule has 72 heavy (non-hydrogen) atoms. The Balaban J connectivity index is 4.37. The van der Waals surface area contributed by atoms with E-state index in [1.165, 1.54) is 218 Å². The van der Waals surface area contributed by atoms with Crippen molar-refractivity contribution >= 4 is 17.9 Å². The van der Waals surface area contributed by atoms with Crippen LogP contribution in [0.15, 0.2) is 48.6 Å². The van der Waals surface area contributed by atoms with Gasteiger partial charge in [-0.25, -0.2) is 0 Å². The summed E-state index contributed by atoms with van der Waals surface area (Å²) in [6, 6.07) is 0. The summed E-state index contributed by atoms with van der Waals surface area (Å²) in [6.07, 6.45) is 75.3. The molecule has 1 unspecified atom stereocenters. The highest BCUT2D eigenvalue weighted by molar-refractivity contribution is 5.71. The van der Waals surface area contributed by atoms with Crippen LogP contribution in [0.25, 0.3) is 0 Å². The summed E-state index contributed by atoms with van der Waals surface area (Å²) in [6.45, 7) is 6.66. The first-order chi connectivity index (χ1) is 35.5. The van der Waals surface area contributed by atoms with Gasteiger partial charge in [0.05, 0.1) is 0 Å². The molecule has 0 aliphatic carbocycles. The molecule has 6 nitrogen and oxygen atoms in total. The second-order valence-electron chi connectivity index (χ2n) is 21.3. The first-order valence-corrected chi connectivity index (χ1v) is 31.6. The van der Waals surface area contributed by atoms with Gasteiger partial charge in [-0.05, 0) is 83.5 Å². The Labute approximate surface area is 448 Å². The van der Waals surface area contributed by atoms with Crippen molar-refractivity contribution in [3.63, 3.8) is 0 Å². The van der Waals surface area contributed by atoms with Gasteiger partial charge in [-0.1, -0.05) is 281 Å². The molecule has 0 bridgehead atoms. The first-order valence-electron chi connectivity index (χ1n) is 31.6. The summed E-state index contributed by atoms with van der Waals surface area (Å²) in [4.78, 5) is 38.3. The van der Waals surface area contributed by atoms with Gasteiger partial charge < -0.3 is 14.2 Å². The SMILES string of the molecule is CCCCCCC/C=C\C/C=C\C/C=C\CCCCCCCCC(=O)OCC(COC(=O)CCCCCCCCCCCCCCCCC)OC(=O)CCCCCCCCC/C=C\CCCCCCCCC. The second kappa shape index (κ2) is 60.9. The summed E-state index contributed by atoms with van der Waals surface area (Å²) < 4.78 is 16.9. The Morgan fingerprint density at radius 1 is 0.278 bits per heavy atom. The minimum atomic E-state index is -0.780. The number of unbranched alkanes of at least 4 members (excludes halogenated alkanes) is 39. The van der Waals surface area contributed by atoms with Crippen LogP contribution in [0.3, 0.4) is 0 Å². The van der Waals surface area contributed by atoms with Gasteiger partial charge in [-0.3, -0.25) is 14.4 Å². The predicted molar refractivity (Wildman–Crippen MR) is 312 cm³/mol. The molecule has 1 atom stereocenters. The molecular weight excluding hydrogens is 889 g/mol. The lowest BCUT2D eigenvalue weighted by Crippen LogP contribution is -2.30. The van der Waals surface area contributed by atoms with E-state index < -0.39 is 6.10 Å². The number of carbonyl (C=O) groups excluding carboxylic acids is 3. The van der Waals surface area contributed by atoms with Crippen LogP contribution in [0.5, 0.6) is 0 Å². The fourth-order valence-electron chi connectivity index (χ4n) is 9.27. The van der Waals surface area contributed by atoms with Crippen molar-refractivity contribution in [2.45, 2.75) is 341 Å². The van der Waals surface area contributed by atoms with Crippen LogP contribution in [0.2, 0.25) is 0 Å². The van der Waals surface area contributed by atoms with Crippen LogP contribution in [-0.4, -0.2) is 37.2 Å². The fraction of sp³-hybridized carbons (Fsp3) is 0.833. The van der Waals surface area contributed by atoms with Gasteiger partial charge in [0.1, 0.15) is 13.2 Å². The molecule has 0 heterocycles. The quantitative estimate of drug-likeness (QED) is 0.0261. The maximum Gasteiger partial charge on any atom is 0.306 e. The number of esters is 3. The molecule has 0 aromatic carbocycles. The molecule has 0 aromatic rings. The van der Waals surface area contributed by atoms with E-state index in [9.17, 15) is 14.4 Å². The lowest BCUT2D eigenvalue weighted by molar-refractivity contribution is -0.167.